The van der Waals surface area contributed by atoms with Crippen molar-refractivity contribution in [3.05, 3.63) is 82.6 Å². The highest BCUT2D eigenvalue weighted by Crippen LogP contribution is 2.28. The molecule has 1 atom stereocenters. The number of hydrogen-bond donors (Lipinski definition) is 5. The molecule has 0 saturated carbocycles. The second-order valence-corrected chi connectivity index (χ2v) is 8.84. The number of hydrogen-bond acceptors (Lipinski definition) is 5. The Hall–Kier alpha value is -3.86. The smallest absolute Gasteiger partial charge is 0.323 e. The summed E-state index contributed by atoms with van der Waals surface area (Å²) in [5.74, 6) is -0.126. The molecule has 3 aromatic rings. The number of amides is 4. The maximum atomic E-state index is 13.8. The largest absolute Gasteiger partial charge is 0.491 e. The number of anilines is 3. The Morgan fingerprint density at radius 3 is 2.59 bits per heavy atom. The van der Waals surface area contributed by atoms with Crippen LogP contribution in [0.3, 0.4) is 0 Å². The van der Waals surface area contributed by atoms with Crippen molar-refractivity contribution in [3.63, 3.8) is 0 Å². The lowest BCUT2D eigenvalue weighted by Crippen LogP contribution is -2.39. The molecule has 3 aromatic carbocycles. The van der Waals surface area contributed by atoms with E-state index in [1.807, 2.05) is 12.1 Å². The summed E-state index contributed by atoms with van der Waals surface area (Å²) in [7, 11) is 0. The molecular weight excluding hydrogens is 503 g/mol. The minimum Gasteiger partial charge on any atom is -0.491 e. The predicted octanol–water partition coefficient (Wildman–Crippen LogP) is 4.45. The number of nitrogens with one attached hydrogen (secondary N) is 3. The normalized spacial score (nSPS) is 13.4. The average molecular weight is 529 g/mol. The van der Waals surface area contributed by atoms with Crippen LogP contribution in [0.25, 0.3) is 0 Å². The molecule has 0 bridgehead atoms. The van der Waals surface area contributed by atoms with E-state index in [2.05, 4.69) is 16.0 Å². The number of ether oxygens (including phenoxy) is 1. The van der Waals surface area contributed by atoms with Gasteiger partial charge in [0.25, 0.3) is 0 Å². The summed E-state index contributed by atoms with van der Waals surface area (Å²) >= 11 is 6.28. The monoisotopic (exact) mass is 528 g/mol. The van der Waals surface area contributed by atoms with Crippen molar-refractivity contribution in [2.24, 2.45) is 0 Å². The molecule has 4 rings (SSSR count). The van der Waals surface area contributed by atoms with E-state index in [0.29, 0.717) is 36.6 Å². The van der Waals surface area contributed by atoms with Gasteiger partial charge in [-0.1, -0.05) is 29.8 Å². The molecule has 0 aliphatic carbocycles. The minimum atomic E-state index is -0.997. The van der Waals surface area contributed by atoms with E-state index in [4.69, 9.17) is 21.4 Å². The van der Waals surface area contributed by atoms with E-state index < -0.39 is 24.6 Å². The van der Waals surface area contributed by atoms with Gasteiger partial charge in [-0.15, -0.1) is 0 Å². The Morgan fingerprint density at radius 2 is 1.84 bits per heavy atom. The van der Waals surface area contributed by atoms with Crippen molar-refractivity contribution in [2.45, 2.75) is 19.1 Å². The van der Waals surface area contributed by atoms with E-state index in [0.717, 1.165) is 11.1 Å². The topological polar surface area (TPSA) is 123 Å². The third-order valence-electron chi connectivity index (χ3n) is 5.72. The van der Waals surface area contributed by atoms with E-state index >= 15 is 0 Å². The number of rotatable bonds is 7. The first-order chi connectivity index (χ1) is 17.8. The molecule has 1 heterocycles. The molecule has 9 nitrogen and oxygen atoms in total. The van der Waals surface area contributed by atoms with Crippen molar-refractivity contribution in [2.75, 3.05) is 35.7 Å². The van der Waals surface area contributed by atoms with Gasteiger partial charge < -0.3 is 35.8 Å². The Balaban J connectivity index is 1.33. The number of aliphatic hydroxyl groups is 2. The molecule has 11 heteroatoms. The number of aliphatic hydroxyl groups excluding tert-OH is 2. The molecule has 4 amide bonds. The standard InChI is InChI=1S/C26H26ClFN4O5/c27-21-12-20(37-15-19(34)14-33)7-8-23(21)31-26(36)32-10-9-16-11-18(6-5-17(16)13-32)29-25(35)30-24-4-2-1-3-22(24)28/h1-8,11-12,19,33-34H,9-10,13-15H2,(H,31,36)(H2,29,30,35). The third kappa shape index (κ3) is 6.88. The number of carbonyl (C=O) groups is 2. The van der Waals surface area contributed by atoms with Gasteiger partial charge in [-0.3, -0.25) is 0 Å². The van der Waals surface area contributed by atoms with E-state index in [1.54, 1.807) is 35.2 Å². The molecule has 0 fully saturated rings. The highest BCUT2D eigenvalue weighted by molar-refractivity contribution is 6.33. The minimum absolute atomic E-state index is 0.0841. The molecule has 37 heavy (non-hydrogen) atoms. The summed E-state index contributed by atoms with van der Waals surface area (Å²) in [6.07, 6.45) is -0.413. The fourth-order valence-corrected chi connectivity index (χ4v) is 4.00. The summed E-state index contributed by atoms with van der Waals surface area (Å²) in [4.78, 5) is 26.8. The van der Waals surface area contributed by atoms with Crippen LogP contribution in [0.1, 0.15) is 11.1 Å². The van der Waals surface area contributed by atoms with Crippen LogP contribution in [0.4, 0.5) is 31.0 Å². The molecule has 0 aromatic heterocycles. The van der Waals surface area contributed by atoms with Gasteiger partial charge in [-0.2, -0.15) is 0 Å². The average Bonchev–Trinajstić information content (AvgIpc) is 2.89. The number of benzene rings is 3. The van der Waals surface area contributed by atoms with Gasteiger partial charge in [0.15, 0.2) is 0 Å². The summed E-state index contributed by atoms with van der Waals surface area (Å²) in [6, 6.07) is 15.2. The lowest BCUT2D eigenvalue weighted by atomic mass is 9.99. The van der Waals surface area contributed by atoms with Gasteiger partial charge >= 0.3 is 12.1 Å². The van der Waals surface area contributed by atoms with Crippen LogP contribution in [-0.2, 0) is 13.0 Å². The van der Waals surface area contributed by atoms with Crippen molar-refractivity contribution in [1.29, 1.82) is 0 Å². The molecule has 0 spiro atoms. The van der Waals surface area contributed by atoms with Gasteiger partial charge in [0.1, 0.15) is 24.3 Å². The zero-order valence-corrected chi connectivity index (χ0v) is 20.5. The summed E-state index contributed by atoms with van der Waals surface area (Å²) in [5.41, 5.74) is 3.00. The predicted molar refractivity (Wildman–Crippen MR) is 139 cm³/mol. The van der Waals surface area contributed by atoms with Gasteiger partial charge in [0.2, 0.25) is 0 Å². The Kier molecular flexibility index (Phi) is 8.44. The highest BCUT2D eigenvalue weighted by atomic mass is 35.5. The Labute approximate surface area is 217 Å². The second-order valence-electron chi connectivity index (χ2n) is 8.43. The molecule has 194 valence electrons. The van der Waals surface area contributed by atoms with Crippen molar-refractivity contribution >= 4 is 40.7 Å². The molecule has 0 saturated heterocycles. The first-order valence-electron chi connectivity index (χ1n) is 11.5. The van der Waals surface area contributed by atoms with Crippen LogP contribution < -0.4 is 20.7 Å². The van der Waals surface area contributed by atoms with Crippen LogP contribution in [-0.4, -0.2) is 53.0 Å². The molecule has 1 aliphatic heterocycles. The molecular formula is C26H26ClFN4O5. The maximum absolute atomic E-state index is 13.8. The van der Waals surface area contributed by atoms with Crippen molar-refractivity contribution in [1.82, 2.24) is 4.90 Å². The number of halogens is 2. The second kappa shape index (κ2) is 11.9. The van der Waals surface area contributed by atoms with Crippen LogP contribution in [0.2, 0.25) is 5.02 Å². The highest BCUT2D eigenvalue weighted by Gasteiger charge is 2.22. The van der Waals surface area contributed by atoms with Crippen molar-refractivity contribution in [3.8, 4) is 5.75 Å². The van der Waals surface area contributed by atoms with Gasteiger partial charge in [0, 0.05) is 24.8 Å². The fourth-order valence-electron chi connectivity index (χ4n) is 3.78. The molecule has 1 unspecified atom stereocenters. The first kappa shape index (κ1) is 26.2. The quantitative estimate of drug-likeness (QED) is 0.310. The lowest BCUT2D eigenvalue weighted by molar-refractivity contribution is 0.0536. The van der Waals surface area contributed by atoms with E-state index in [9.17, 15) is 19.1 Å². The molecule has 1 aliphatic rings. The maximum Gasteiger partial charge on any atom is 0.323 e. The Bertz CT molecular complexity index is 1290. The number of para-hydroxylation sites is 1. The summed E-state index contributed by atoms with van der Waals surface area (Å²) in [5, 5.41) is 26.5. The first-order valence-corrected chi connectivity index (χ1v) is 11.9. The van der Waals surface area contributed by atoms with E-state index in [-0.39, 0.29) is 23.3 Å². The third-order valence-corrected chi connectivity index (χ3v) is 6.03. The fraction of sp³-hybridized carbons (Fsp3) is 0.231. The van der Waals surface area contributed by atoms with Gasteiger partial charge in [-0.05, 0) is 53.9 Å². The van der Waals surface area contributed by atoms with Crippen LogP contribution in [0.5, 0.6) is 5.75 Å². The number of nitrogens with zero attached hydrogens (tertiary/aromatic N) is 1. The number of fused-ring (bicyclic) bond motifs is 1. The van der Waals surface area contributed by atoms with Crippen LogP contribution >= 0.6 is 11.6 Å². The summed E-state index contributed by atoms with van der Waals surface area (Å²) < 4.78 is 19.1. The van der Waals surface area contributed by atoms with Crippen LogP contribution in [0, 0.1) is 5.82 Å². The molecule has 5 N–H and O–H groups in total. The van der Waals surface area contributed by atoms with Crippen molar-refractivity contribution < 1.29 is 28.9 Å². The van der Waals surface area contributed by atoms with Crippen LogP contribution in [0.15, 0.2) is 60.7 Å². The Morgan fingerprint density at radius 1 is 1.03 bits per heavy atom. The number of urea groups is 2. The molecule has 0 radical (unpaired) electrons. The lowest BCUT2D eigenvalue weighted by Gasteiger charge is -2.29. The zero-order chi connectivity index (χ0) is 26.4. The SMILES string of the molecule is O=C(Nc1ccc2c(c1)CCN(C(=O)Nc1ccc(OCC(O)CO)cc1Cl)C2)Nc1ccccc1F. The van der Waals surface area contributed by atoms with Gasteiger partial charge in [-0.25, -0.2) is 14.0 Å². The van der Waals surface area contributed by atoms with E-state index in [1.165, 1.54) is 18.2 Å². The zero-order valence-electron chi connectivity index (χ0n) is 19.7. The number of carbonyl (C=O) groups excluding carboxylic acids is 2. The van der Waals surface area contributed by atoms with Gasteiger partial charge in [0.05, 0.1) is 23.0 Å². The summed E-state index contributed by atoms with van der Waals surface area (Å²) in [6.45, 7) is 0.338.